The van der Waals surface area contributed by atoms with Crippen molar-refractivity contribution in [2.75, 3.05) is 20.1 Å². The van der Waals surface area contributed by atoms with E-state index in [-0.39, 0.29) is 17.7 Å². The minimum Gasteiger partial charge on any atom is -0.395 e. The van der Waals surface area contributed by atoms with Gasteiger partial charge >= 0.3 is 5.88 Å². The fourth-order valence-electron chi connectivity index (χ4n) is 1.88. The van der Waals surface area contributed by atoms with Gasteiger partial charge in [-0.1, -0.05) is 0 Å². The number of nitrogens with one attached hydrogen (secondary N) is 1. The van der Waals surface area contributed by atoms with Crippen molar-refractivity contribution < 1.29 is 14.1 Å². The highest BCUT2D eigenvalue weighted by Crippen LogP contribution is 2.19. The molecular formula is C10H13N3O4. The molecule has 0 aliphatic carbocycles. The fraction of sp³-hybridized carbons (Fsp3) is 0.500. The third-order valence-electron chi connectivity index (χ3n) is 2.87. The highest BCUT2D eigenvalue weighted by molar-refractivity contribution is 5.92. The van der Waals surface area contributed by atoms with Gasteiger partial charge in [-0.2, -0.15) is 0 Å². The molecular weight excluding hydrogens is 226 g/mol. The van der Waals surface area contributed by atoms with E-state index in [4.69, 9.17) is 4.42 Å². The first-order valence-electron chi connectivity index (χ1n) is 5.32. The molecule has 1 unspecified atom stereocenters. The molecule has 1 aromatic heterocycles. The van der Waals surface area contributed by atoms with Crippen molar-refractivity contribution in [3.8, 4) is 0 Å². The second-order valence-electron chi connectivity index (χ2n) is 3.92. The van der Waals surface area contributed by atoms with E-state index in [0.717, 1.165) is 6.42 Å². The Hall–Kier alpha value is -1.89. The van der Waals surface area contributed by atoms with E-state index in [0.29, 0.717) is 13.1 Å². The lowest BCUT2D eigenvalue weighted by Gasteiger charge is -2.14. The van der Waals surface area contributed by atoms with Gasteiger partial charge in [-0.05, 0) is 19.5 Å². The maximum absolute atomic E-state index is 11.9. The van der Waals surface area contributed by atoms with Gasteiger partial charge in [0.1, 0.15) is 4.92 Å². The largest absolute Gasteiger partial charge is 0.433 e. The Morgan fingerprint density at radius 1 is 1.65 bits per heavy atom. The molecule has 7 nitrogen and oxygen atoms in total. The van der Waals surface area contributed by atoms with Crippen LogP contribution in [0.2, 0.25) is 0 Å². The highest BCUT2D eigenvalue weighted by atomic mass is 16.6. The average molecular weight is 239 g/mol. The van der Waals surface area contributed by atoms with Crippen LogP contribution in [0.3, 0.4) is 0 Å². The lowest BCUT2D eigenvalue weighted by Crippen LogP contribution is -2.33. The first-order chi connectivity index (χ1) is 8.11. The third-order valence-corrected chi connectivity index (χ3v) is 2.87. The summed E-state index contributed by atoms with van der Waals surface area (Å²) in [6.45, 7) is 1.24. The zero-order chi connectivity index (χ0) is 12.4. The molecule has 92 valence electrons. The van der Waals surface area contributed by atoms with E-state index in [9.17, 15) is 14.9 Å². The normalized spacial score (nSPS) is 19.6. The predicted molar refractivity (Wildman–Crippen MR) is 58.7 cm³/mol. The Labute approximate surface area is 97.5 Å². The molecule has 0 aromatic carbocycles. The van der Waals surface area contributed by atoms with Crippen molar-refractivity contribution in [1.82, 2.24) is 10.2 Å². The predicted octanol–water partition coefficient (Wildman–Crippen LogP) is 0.622. The van der Waals surface area contributed by atoms with Crippen LogP contribution >= 0.6 is 0 Å². The Bertz CT molecular complexity index is 443. The van der Waals surface area contributed by atoms with E-state index in [1.807, 2.05) is 7.05 Å². The summed E-state index contributed by atoms with van der Waals surface area (Å²) in [6.07, 6.45) is 0.880. The molecule has 1 fully saturated rings. The molecule has 1 atom stereocenters. The number of furan rings is 1. The molecule has 1 aromatic rings. The van der Waals surface area contributed by atoms with Gasteiger partial charge in [-0.25, -0.2) is 0 Å². The van der Waals surface area contributed by atoms with Gasteiger partial charge in [0.05, 0.1) is 6.07 Å². The van der Waals surface area contributed by atoms with Gasteiger partial charge in [-0.15, -0.1) is 0 Å². The number of hydrogen-bond donors (Lipinski definition) is 1. The van der Waals surface area contributed by atoms with Crippen molar-refractivity contribution in [3.05, 3.63) is 28.0 Å². The summed E-state index contributed by atoms with van der Waals surface area (Å²) in [4.78, 5) is 23.3. The van der Waals surface area contributed by atoms with Crippen molar-refractivity contribution in [2.45, 2.75) is 12.5 Å². The standard InChI is InChI=1S/C10H13N3O4/c1-11-7-4-5-12(6-7)10(14)8-2-3-9(17-8)13(15)16/h2-3,7,11H,4-6H2,1H3. The van der Waals surface area contributed by atoms with Crippen LogP contribution in [0.15, 0.2) is 16.5 Å². The Morgan fingerprint density at radius 2 is 2.41 bits per heavy atom. The number of rotatable bonds is 3. The minimum atomic E-state index is -0.656. The van der Waals surface area contributed by atoms with Crippen molar-refractivity contribution >= 4 is 11.8 Å². The molecule has 0 radical (unpaired) electrons. The molecule has 1 amide bonds. The van der Waals surface area contributed by atoms with E-state index in [2.05, 4.69) is 5.32 Å². The van der Waals surface area contributed by atoms with Crippen LogP contribution in [0, 0.1) is 10.1 Å². The molecule has 17 heavy (non-hydrogen) atoms. The lowest BCUT2D eigenvalue weighted by molar-refractivity contribution is -0.402. The number of nitrogens with zero attached hydrogens (tertiary/aromatic N) is 2. The van der Waals surface area contributed by atoms with E-state index in [1.54, 1.807) is 4.90 Å². The van der Waals surface area contributed by atoms with Gasteiger partial charge < -0.3 is 14.6 Å². The zero-order valence-electron chi connectivity index (χ0n) is 9.38. The smallest absolute Gasteiger partial charge is 0.395 e. The minimum absolute atomic E-state index is 0.0217. The van der Waals surface area contributed by atoms with Crippen molar-refractivity contribution in [1.29, 1.82) is 0 Å². The molecule has 1 aliphatic rings. The second kappa shape index (κ2) is 4.54. The number of hydrogen-bond acceptors (Lipinski definition) is 5. The maximum Gasteiger partial charge on any atom is 0.433 e. The van der Waals surface area contributed by atoms with Crippen LogP contribution in [0.5, 0.6) is 0 Å². The molecule has 0 saturated carbocycles. The Balaban J connectivity index is 2.07. The number of likely N-dealkylation sites (tertiary alicyclic amines) is 1. The monoisotopic (exact) mass is 239 g/mol. The molecule has 1 N–H and O–H groups in total. The third kappa shape index (κ3) is 2.28. The quantitative estimate of drug-likeness (QED) is 0.617. The maximum atomic E-state index is 11.9. The van der Waals surface area contributed by atoms with Gasteiger partial charge in [0, 0.05) is 19.1 Å². The first kappa shape index (κ1) is 11.6. The Kier molecular flexibility index (Phi) is 3.10. The summed E-state index contributed by atoms with van der Waals surface area (Å²) in [7, 11) is 1.84. The lowest BCUT2D eigenvalue weighted by atomic mass is 10.3. The van der Waals surface area contributed by atoms with Crippen LogP contribution < -0.4 is 5.32 Å². The van der Waals surface area contributed by atoms with Crippen LogP contribution in [-0.4, -0.2) is 41.9 Å². The molecule has 0 bridgehead atoms. The van der Waals surface area contributed by atoms with Crippen molar-refractivity contribution in [3.63, 3.8) is 0 Å². The van der Waals surface area contributed by atoms with Gasteiger partial charge in [-0.3, -0.25) is 14.9 Å². The van der Waals surface area contributed by atoms with Crippen molar-refractivity contribution in [2.24, 2.45) is 0 Å². The Morgan fingerprint density at radius 3 is 2.94 bits per heavy atom. The summed E-state index contributed by atoms with van der Waals surface area (Å²) in [5, 5.41) is 13.5. The number of carbonyl (C=O) groups is 1. The topological polar surface area (TPSA) is 88.6 Å². The second-order valence-corrected chi connectivity index (χ2v) is 3.92. The van der Waals surface area contributed by atoms with Crippen LogP contribution in [0.25, 0.3) is 0 Å². The van der Waals surface area contributed by atoms with Gasteiger partial charge in [0.15, 0.2) is 5.76 Å². The summed E-state index contributed by atoms with van der Waals surface area (Å²) in [5.74, 6) is -0.679. The number of amides is 1. The van der Waals surface area contributed by atoms with Crippen LogP contribution in [0.4, 0.5) is 5.88 Å². The molecule has 2 heterocycles. The summed E-state index contributed by atoms with van der Waals surface area (Å²) in [5.41, 5.74) is 0. The zero-order valence-corrected chi connectivity index (χ0v) is 9.38. The molecule has 7 heteroatoms. The van der Waals surface area contributed by atoms with Crippen LogP contribution in [-0.2, 0) is 0 Å². The average Bonchev–Trinajstić information content (AvgIpc) is 2.97. The van der Waals surface area contributed by atoms with E-state index in [1.165, 1.54) is 12.1 Å². The highest BCUT2D eigenvalue weighted by Gasteiger charge is 2.28. The summed E-state index contributed by atoms with van der Waals surface area (Å²) >= 11 is 0. The molecule has 1 aliphatic heterocycles. The number of carbonyl (C=O) groups excluding carboxylic acids is 1. The van der Waals surface area contributed by atoms with E-state index >= 15 is 0 Å². The molecule has 0 spiro atoms. The SMILES string of the molecule is CNC1CCN(C(=O)c2ccc([N+](=O)[O-])o2)C1. The fourth-order valence-corrected chi connectivity index (χ4v) is 1.88. The summed E-state index contributed by atoms with van der Waals surface area (Å²) < 4.78 is 4.88. The van der Waals surface area contributed by atoms with Gasteiger partial charge in [0.2, 0.25) is 0 Å². The molecule has 1 saturated heterocycles. The summed E-state index contributed by atoms with van der Waals surface area (Å²) in [6, 6.07) is 2.82. The first-order valence-corrected chi connectivity index (χ1v) is 5.32. The van der Waals surface area contributed by atoms with Crippen LogP contribution in [0.1, 0.15) is 17.0 Å². The van der Waals surface area contributed by atoms with Gasteiger partial charge in [0.25, 0.3) is 5.91 Å². The molecule has 2 rings (SSSR count). The number of nitro groups is 1. The van der Waals surface area contributed by atoms with E-state index < -0.39 is 10.8 Å². The number of likely N-dealkylation sites (N-methyl/N-ethyl adjacent to an activating group) is 1.